The highest BCUT2D eigenvalue weighted by Gasteiger charge is 2.24. The van der Waals surface area contributed by atoms with Crippen molar-refractivity contribution >= 4 is 16.1 Å². The van der Waals surface area contributed by atoms with E-state index in [0.29, 0.717) is 5.75 Å². The molecule has 0 radical (unpaired) electrons. The van der Waals surface area contributed by atoms with E-state index in [2.05, 4.69) is 0 Å². The second-order valence-corrected chi connectivity index (χ2v) is 5.77. The van der Waals surface area contributed by atoms with Crippen molar-refractivity contribution in [3.8, 4) is 5.75 Å². The smallest absolute Gasteiger partial charge is 0.314 e. The topological polar surface area (TPSA) is 80.7 Å². The number of rotatable bonds is 3. The Morgan fingerprint density at radius 3 is 2.22 bits per heavy atom. The van der Waals surface area contributed by atoms with Gasteiger partial charge in [-0.2, -0.15) is 8.42 Å². The van der Waals surface area contributed by atoms with Gasteiger partial charge in [-0.25, -0.2) is 0 Å². The summed E-state index contributed by atoms with van der Waals surface area (Å²) in [5.41, 5.74) is 0. The summed E-state index contributed by atoms with van der Waals surface area (Å²) in [4.78, 5) is 11.5. The quantitative estimate of drug-likeness (QED) is 0.516. The zero-order valence-corrected chi connectivity index (χ0v) is 10.5. The van der Waals surface area contributed by atoms with Crippen molar-refractivity contribution in [2.24, 2.45) is 5.92 Å². The average Bonchev–Trinajstić information content (AvgIpc) is 2.82. The number of carbonyl (C=O) groups is 1. The first-order valence-electron chi connectivity index (χ1n) is 5.76. The molecule has 0 unspecified atom stereocenters. The Morgan fingerprint density at radius 1 is 1.17 bits per heavy atom. The predicted molar refractivity (Wildman–Crippen MR) is 63.8 cm³/mol. The highest BCUT2D eigenvalue weighted by Crippen LogP contribution is 2.26. The van der Waals surface area contributed by atoms with E-state index in [1.165, 1.54) is 24.3 Å². The van der Waals surface area contributed by atoms with E-state index in [1.807, 2.05) is 0 Å². The maximum absolute atomic E-state index is 11.7. The van der Waals surface area contributed by atoms with Gasteiger partial charge < -0.3 is 4.74 Å². The van der Waals surface area contributed by atoms with Gasteiger partial charge in [0.25, 0.3) is 10.1 Å². The third-order valence-electron chi connectivity index (χ3n) is 3.03. The van der Waals surface area contributed by atoms with Crippen LogP contribution in [0.1, 0.15) is 25.7 Å². The van der Waals surface area contributed by atoms with Crippen molar-refractivity contribution < 1.29 is 22.5 Å². The van der Waals surface area contributed by atoms with Crippen LogP contribution in [0.25, 0.3) is 0 Å². The molecule has 0 spiro atoms. The predicted octanol–water partition coefficient (Wildman–Crippen LogP) is 2.03. The number of esters is 1. The van der Waals surface area contributed by atoms with Crippen LogP contribution in [0.2, 0.25) is 0 Å². The molecule has 0 aliphatic heterocycles. The molecule has 1 N–H and O–H groups in total. The lowest BCUT2D eigenvalue weighted by atomic mass is 10.1. The Labute approximate surface area is 106 Å². The van der Waals surface area contributed by atoms with Crippen LogP contribution in [0.3, 0.4) is 0 Å². The normalized spacial score (nSPS) is 16.7. The summed E-state index contributed by atoms with van der Waals surface area (Å²) in [6, 6.07) is 5.12. The van der Waals surface area contributed by atoms with Gasteiger partial charge >= 0.3 is 5.97 Å². The SMILES string of the molecule is O=C(Oc1ccc(S(=O)(=O)O)cc1)C1CCCC1. The van der Waals surface area contributed by atoms with Crippen molar-refractivity contribution in [1.29, 1.82) is 0 Å². The van der Waals surface area contributed by atoms with Crippen molar-refractivity contribution in [3.05, 3.63) is 24.3 Å². The van der Waals surface area contributed by atoms with Gasteiger partial charge in [0.15, 0.2) is 0 Å². The Kier molecular flexibility index (Phi) is 3.68. The van der Waals surface area contributed by atoms with Gasteiger partial charge in [0.05, 0.1) is 10.8 Å². The van der Waals surface area contributed by atoms with Gasteiger partial charge in [0.1, 0.15) is 5.75 Å². The van der Waals surface area contributed by atoms with Gasteiger partial charge in [-0.3, -0.25) is 9.35 Å². The summed E-state index contributed by atoms with van der Waals surface area (Å²) in [5, 5.41) is 0. The van der Waals surface area contributed by atoms with Crippen LogP contribution in [0, 0.1) is 5.92 Å². The second-order valence-electron chi connectivity index (χ2n) is 4.35. The molecule has 0 aromatic heterocycles. The van der Waals surface area contributed by atoms with Gasteiger partial charge in [0.2, 0.25) is 0 Å². The molecule has 98 valence electrons. The Balaban J connectivity index is 2.04. The van der Waals surface area contributed by atoms with Crippen LogP contribution in [0.5, 0.6) is 5.75 Å². The van der Waals surface area contributed by atoms with Gasteiger partial charge in [-0.05, 0) is 37.1 Å². The molecule has 0 heterocycles. The molecule has 0 saturated heterocycles. The molecule has 18 heavy (non-hydrogen) atoms. The zero-order chi connectivity index (χ0) is 13.2. The minimum Gasteiger partial charge on any atom is -0.426 e. The lowest BCUT2D eigenvalue weighted by molar-refractivity contribution is -0.138. The van der Waals surface area contributed by atoms with E-state index in [0.717, 1.165) is 25.7 Å². The molecule has 2 rings (SSSR count). The van der Waals surface area contributed by atoms with Crippen LogP contribution in [0.4, 0.5) is 0 Å². The molecule has 1 aliphatic rings. The molecule has 0 bridgehead atoms. The third kappa shape index (κ3) is 3.08. The van der Waals surface area contributed by atoms with E-state index >= 15 is 0 Å². The summed E-state index contributed by atoms with van der Waals surface area (Å²) in [6.45, 7) is 0. The third-order valence-corrected chi connectivity index (χ3v) is 3.90. The van der Waals surface area contributed by atoms with Crippen LogP contribution in [-0.2, 0) is 14.9 Å². The molecule has 1 aromatic carbocycles. The first kappa shape index (κ1) is 13.0. The van der Waals surface area contributed by atoms with Crippen LogP contribution < -0.4 is 4.74 Å². The summed E-state index contributed by atoms with van der Waals surface area (Å²) in [6.07, 6.45) is 3.78. The monoisotopic (exact) mass is 270 g/mol. The minimum absolute atomic E-state index is 0.0498. The summed E-state index contributed by atoms with van der Waals surface area (Å²) >= 11 is 0. The standard InChI is InChI=1S/C12H14O5S/c13-12(9-3-1-2-4-9)17-10-5-7-11(8-6-10)18(14,15)16/h5-9H,1-4H2,(H,14,15,16). The maximum Gasteiger partial charge on any atom is 0.314 e. The molecule has 0 atom stereocenters. The Morgan fingerprint density at radius 2 is 1.72 bits per heavy atom. The summed E-state index contributed by atoms with van der Waals surface area (Å²) < 4.78 is 35.6. The highest BCUT2D eigenvalue weighted by atomic mass is 32.2. The number of hydrogen-bond donors (Lipinski definition) is 1. The molecule has 0 amide bonds. The van der Waals surface area contributed by atoms with Crippen molar-refractivity contribution in [1.82, 2.24) is 0 Å². The van der Waals surface area contributed by atoms with Crippen molar-refractivity contribution in [3.63, 3.8) is 0 Å². The summed E-state index contributed by atoms with van der Waals surface area (Å²) in [7, 11) is -4.20. The largest absolute Gasteiger partial charge is 0.426 e. The van der Waals surface area contributed by atoms with Crippen LogP contribution in [0.15, 0.2) is 29.2 Å². The molecule has 1 aromatic rings. The molecular formula is C12H14O5S. The second kappa shape index (κ2) is 5.07. The number of benzene rings is 1. The molecule has 1 fully saturated rings. The molecule has 5 nitrogen and oxygen atoms in total. The zero-order valence-electron chi connectivity index (χ0n) is 9.70. The Bertz CT molecular complexity index is 526. The van der Waals surface area contributed by atoms with Crippen LogP contribution in [-0.4, -0.2) is 18.9 Å². The lowest BCUT2D eigenvalue weighted by Crippen LogP contribution is -2.17. The maximum atomic E-state index is 11.7. The fourth-order valence-electron chi connectivity index (χ4n) is 2.04. The van der Waals surface area contributed by atoms with E-state index in [4.69, 9.17) is 9.29 Å². The Hall–Kier alpha value is -1.40. The first-order chi connectivity index (χ1) is 8.47. The molecular weight excluding hydrogens is 256 g/mol. The number of carbonyl (C=O) groups excluding carboxylic acids is 1. The van der Waals surface area contributed by atoms with E-state index < -0.39 is 10.1 Å². The van der Waals surface area contributed by atoms with Gasteiger partial charge in [-0.1, -0.05) is 12.8 Å². The highest BCUT2D eigenvalue weighted by molar-refractivity contribution is 7.85. The number of ether oxygens (including phenoxy) is 1. The lowest BCUT2D eigenvalue weighted by Gasteiger charge is -2.09. The van der Waals surface area contributed by atoms with E-state index in [1.54, 1.807) is 0 Å². The van der Waals surface area contributed by atoms with Crippen molar-refractivity contribution in [2.45, 2.75) is 30.6 Å². The fraction of sp³-hybridized carbons (Fsp3) is 0.417. The molecule has 6 heteroatoms. The molecule has 1 saturated carbocycles. The van der Waals surface area contributed by atoms with Gasteiger partial charge in [-0.15, -0.1) is 0 Å². The molecule has 1 aliphatic carbocycles. The van der Waals surface area contributed by atoms with E-state index in [9.17, 15) is 13.2 Å². The number of hydrogen-bond acceptors (Lipinski definition) is 4. The van der Waals surface area contributed by atoms with Gasteiger partial charge in [0, 0.05) is 0 Å². The minimum atomic E-state index is -4.20. The summed E-state index contributed by atoms with van der Waals surface area (Å²) in [5.74, 6) is -0.0299. The fourth-order valence-corrected chi connectivity index (χ4v) is 2.52. The average molecular weight is 270 g/mol. The first-order valence-corrected chi connectivity index (χ1v) is 7.20. The van der Waals surface area contributed by atoms with E-state index in [-0.39, 0.29) is 16.8 Å². The van der Waals surface area contributed by atoms with Crippen LogP contribution >= 0.6 is 0 Å². The van der Waals surface area contributed by atoms with Crippen molar-refractivity contribution in [2.75, 3.05) is 0 Å².